The fourth-order valence-corrected chi connectivity index (χ4v) is 7.65. The van der Waals surface area contributed by atoms with Crippen LogP contribution in [0.15, 0.2) is 51.4 Å². The molecule has 0 saturated carbocycles. The van der Waals surface area contributed by atoms with Crippen molar-refractivity contribution in [3.63, 3.8) is 0 Å². The molecule has 2 aromatic rings. The van der Waals surface area contributed by atoms with Gasteiger partial charge in [0.2, 0.25) is 0 Å². The van der Waals surface area contributed by atoms with Crippen molar-refractivity contribution in [1.82, 2.24) is 24.5 Å². The summed E-state index contributed by atoms with van der Waals surface area (Å²) < 4.78 is 7.85. The van der Waals surface area contributed by atoms with Gasteiger partial charge in [-0.15, -0.1) is 0 Å². The number of benzene rings is 2. The number of rotatable bonds is 6. The van der Waals surface area contributed by atoms with E-state index in [4.69, 9.17) is 4.74 Å². The molecule has 0 bridgehead atoms. The van der Waals surface area contributed by atoms with Crippen LogP contribution in [-0.2, 0) is 22.5 Å². The minimum Gasteiger partial charge on any atom is -0.436 e. The number of hydrogen-bond acceptors (Lipinski definition) is 6. The Morgan fingerprint density at radius 3 is 2.24 bits per heavy atom. The Labute approximate surface area is 282 Å². The number of likely N-dealkylation sites (tertiary alicyclic amines) is 2. The van der Waals surface area contributed by atoms with Crippen LogP contribution in [0.5, 0.6) is 0 Å². The van der Waals surface area contributed by atoms with Gasteiger partial charge in [0.05, 0.1) is 0 Å². The van der Waals surface area contributed by atoms with Crippen molar-refractivity contribution in [2.75, 3.05) is 64.7 Å². The van der Waals surface area contributed by atoms with Gasteiger partial charge in [0.1, 0.15) is 0 Å². The molecule has 4 heterocycles. The molecule has 3 fully saturated rings. The number of hydrogen-bond donors (Lipinski definition) is 1. The number of piperazine rings is 1. The van der Waals surface area contributed by atoms with Crippen LogP contribution in [-0.4, -0.2) is 120 Å². The monoisotopic (exact) mass is 744 g/mol. The summed E-state index contributed by atoms with van der Waals surface area (Å²) >= 11 is 7.08. The summed E-state index contributed by atoms with van der Waals surface area (Å²) in [5.41, 5.74) is 2.86. The third-order valence-electron chi connectivity index (χ3n) is 9.78. The smallest absolute Gasteiger partial charge is 0.410 e. The standard InChI is InChI=1S/C33H42Br2N6O4/c1-37-16-18-38(19-17-37)25-8-12-39(13-9-25)31(42)30(21-23-6-7-27(34)28(35)20-23)45-33(44)40-14-10-26(11-15-40)41-22-24-4-2-3-5-29(24)36-32(41)43/h2-7,20,25-26,30H,8-19,21-22H2,1H3,(H,36,43)/t30-/m1/s1. The molecule has 10 nitrogen and oxygen atoms in total. The number of likely N-dealkylation sites (N-methyl/N-ethyl adjacent to an activating group) is 1. The van der Waals surface area contributed by atoms with Crippen LogP contribution >= 0.6 is 31.9 Å². The summed E-state index contributed by atoms with van der Waals surface area (Å²) in [5, 5.41) is 2.99. The van der Waals surface area contributed by atoms with Gasteiger partial charge in [0.15, 0.2) is 6.10 Å². The minimum absolute atomic E-state index is 0.0292. The van der Waals surface area contributed by atoms with Gasteiger partial charge in [-0.05, 0) is 93.9 Å². The first-order valence-electron chi connectivity index (χ1n) is 16.0. The van der Waals surface area contributed by atoms with Gasteiger partial charge in [0.25, 0.3) is 5.91 Å². The van der Waals surface area contributed by atoms with Crippen molar-refractivity contribution < 1.29 is 19.1 Å². The van der Waals surface area contributed by atoms with Crippen molar-refractivity contribution in [3.8, 4) is 0 Å². The number of nitrogens with zero attached hydrogens (tertiary/aromatic N) is 5. The zero-order chi connectivity index (χ0) is 31.5. The highest BCUT2D eigenvalue weighted by molar-refractivity contribution is 9.13. The van der Waals surface area contributed by atoms with Crippen molar-refractivity contribution in [2.45, 2.75) is 56.8 Å². The molecule has 0 aromatic heterocycles. The second kappa shape index (κ2) is 14.4. The molecular formula is C33H42Br2N6O4. The molecule has 12 heteroatoms. The van der Waals surface area contributed by atoms with Gasteiger partial charge >= 0.3 is 12.1 Å². The first kappa shape index (κ1) is 32.3. The lowest BCUT2D eigenvalue weighted by molar-refractivity contribution is -0.142. The summed E-state index contributed by atoms with van der Waals surface area (Å²) in [6.45, 7) is 7.13. The summed E-state index contributed by atoms with van der Waals surface area (Å²) in [7, 11) is 2.17. The lowest BCUT2D eigenvalue weighted by atomic mass is 10.0. The van der Waals surface area contributed by atoms with Gasteiger partial charge in [-0.25, -0.2) is 9.59 Å². The van der Waals surface area contributed by atoms with E-state index in [-0.39, 0.29) is 18.0 Å². The molecule has 242 valence electrons. The molecule has 3 saturated heterocycles. The van der Waals surface area contributed by atoms with Crippen LogP contribution < -0.4 is 5.32 Å². The lowest BCUT2D eigenvalue weighted by Gasteiger charge is -2.42. The zero-order valence-electron chi connectivity index (χ0n) is 25.8. The molecule has 4 aliphatic rings. The lowest BCUT2D eigenvalue weighted by Crippen LogP contribution is -2.55. The third kappa shape index (κ3) is 7.66. The molecule has 4 aliphatic heterocycles. The summed E-state index contributed by atoms with van der Waals surface area (Å²) in [6.07, 6.45) is 2.10. The molecule has 4 amide bonds. The average molecular weight is 747 g/mol. The molecule has 0 radical (unpaired) electrons. The van der Waals surface area contributed by atoms with Crippen LogP contribution in [0.25, 0.3) is 0 Å². The van der Waals surface area contributed by atoms with E-state index in [1.807, 2.05) is 52.3 Å². The van der Waals surface area contributed by atoms with Gasteiger partial charge < -0.3 is 29.7 Å². The Balaban J connectivity index is 1.07. The Hall–Kier alpha value is -2.67. The Morgan fingerprint density at radius 2 is 1.53 bits per heavy atom. The predicted octanol–water partition coefficient (Wildman–Crippen LogP) is 5.01. The number of ether oxygens (including phenoxy) is 1. The number of carbonyl (C=O) groups is 3. The Bertz CT molecular complexity index is 1390. The largest absolute Gasteiger partial charge is 0.436 e. The molecule has 1 atom stereocenters. The van der Waals surface area contributed by atoms with Crippen molar-refractivity contribution >= 4 is 55.6 Å². The van der Waals surface area contributed by atoms with Gasteiger partial charge in [-0.2, -0.15) is 0 Å². The molecule has 0 aliphatic carbocycles. The van der Waals surface area contributed by atoms with Crippen LogP contribution in [0.3, 0.4) is 0 Å². The first-order valence-corrected chi connectivity index (χ1v) is 17.6. The van der Waals surface area contributed by atoms with E-state index in [0.29, 0.717) is 58.0 Å². The van der Waals surface area contributed by atoms with E-state index in [1.54, 1.807) is 4.90 Å². The van der Waals surface area contributed by atoms with E-state index >= 15 is 0 Å². The number of nitrogens with one attached hydrogen (secondary N) is 1. The van der Waals surface area contributed by atoms with Crippen LogP contribution in [0.2, 0.25) is 0 Å². The molecule has 0 spiro atoms. The summed E-state index contributed by atoms with van der Waals surface area (Å²) in [4.78, 5) is 50.7. The number of amides is 4. The maximum absolute atomic E-state index is 13.9. The van der Waals surface area contributed by atoms with E-state index in [9.17, 15) is 14.4 Å². The molecule has 2 aromatic carbocycles. The zero-order valence-corrected chi connectivity index (χ0v) is 29.0. The normalized spacial score (nSPS) is 21.3. The van der Waals surface area contributed by atoms with Gasteiger partial charge in [-0.3, -0.25) is 9.69 Å². The fourth-order valence-electron chi connectivity index (χ4n) is 6.98. The molecule has 45 heavy (non-hydrogen) atoms. The van der Waals surface area contributed by atoms with E-state index in [2.05, 4.69) is 54.0 Å². The maximum atomic E-state index is 13.9. The van der Waals surface area contributed by atoms with Crippen LogP contribution in [0.1, 0.15) is 36.8 Å². The number of halogens is 2. The molecular weight excluding hydrogens is 704 g/mol. The number of fused-ring (bicyclic) bond motifs is 1. The minimum atomic E-state index is -0.909. The van der Waals surface area contributed by atoms with E-state index < -0.39 is 12.2 Å². The highest BCUT2D eigenvalue weighted by Gasteiger charge is 2.37. The topological polar surface area (TPSA) is 88.7 Å². The van der Waals surface area contributed by atoms with Gasteiger partial charge in [0, 0.05) is 92.0 Å². The second-order valence-electron chi connectivity index (χ2n) is 12.7. The molecule has 1 N–H and O–H groups in total. The summed E-state index contributed by atoms with van der Waals surface area (Å²) in [5.74, 6) is -0.127. The number of urea groups is 1. The van der Waals surface area contributed by atoms with E-state index in [1.165, 1.54) is 0 Å². The summed E-state index contributed by atoms with van der Waals surface area (Å²) in [6, 6.07) is 14.1. The quantitative estimate of drug-likeness (QED) is 0.448. The number of piperidine rings is 2. The number of carbonyl (C=O) groups excluding carboxylic acids is 3. The van der Waals surface area contributed by atoms with Crippen molar-refractivity contribution in [3.05, 3.63) is 62.5 Å². The Kier molecular flexibility index (Phi) is 10.3. The maximum Gasteiger partial charge on any atom is 0.410 e. The SMILES string of the molecule is CN1CCN(C2CCN(C(=O)[C@@H](Cc3ccc(Br)c(Br)c3)OC(=O)N3CCC(N4Cc5ccccc5NC4=O)CC3)CC2)CC1. The van der Waals surface area contributed by atoms with Crippen molar-refractivity contribution in [1.29, 1.82) is 0 Å². The predicted molar refractivity (Wildman–Crippen MR) is 180 cm³/mol. The fraction of sp³-hybridized carbons (Fsp3) is 0.545. The van der Waals surface area contributed by atoms with Crippen molar-refractivity contribution in [2.24, 2.45) is 0 Å². The average Bonchev–Trinajstić information content (AvgIpc) is 3.06. The number of anilines is 1. The van der Waals surface area contributed by atoms with Gasteiger partial charge in [-0.1, -0.05) is 24.3 Å². The Morgan fingerprint density at radius 1 is 0.867 bits per heavy atom. The van der Waals surface area contributed by atoms with Crippen LogP contribution in [0, 0.1) is 0 Å². The highest BCUT2D eigenvalue weighted by Crippen LogP contribution is 2.29. The third-order valence-corrected chi connectivity index (χ3v) is 11.7. The number of para-hydroxylation sites is 1. The highest BCUT2D eigenvalue weighted by atomic mass is 79.9. The second-order valence-corrected chi connectivity index (χ2v) is 14.4. The van der Waals surface area contributed by atoms with E-state index in [0.717, 1.165) is 64.8 Å². The molecule has 0 unspecified atom stereocenters. The first-order chi connectivity index (χ1) is 21.7. The van der Waals surface area contributed by atoms with Crippen LogP contribution in [0.4, 0.5) is 15.3 Å². The molecule has 6 rings (SSSR count).